The Hall–Kier alpha value is -1.66. The Kier molecular flexibility index (Phi) is 50.0. The maximum absolute atomic E-state index is 13.2. The zero-order valence-corrected chi connectivity index (χ0v) is 42.5. The van der Waals surface area contributed by atoms with E-state index in [9.17, 15) is 19.8 Å². The molecule has 0 aromatic carbocycles. The van der Waals surface area contributed by atoms with E-state index >= 15 is 0 Å². The van der Waals surface area contributed by atoms with Crippen LogP contribution in [0.2, 0.25) is 0 Å². The molecule has 0 spiro atoms. The second-order valence-corrected chi connectivity index (χ2v) is 19.4. The molecule has 0 heterocycles. The Morgan fingerprint density at radius 2 is 0.794 bits per heavy atom. The van der Waals surface area contributed by atoms with Crippen molar-refractivity contribution < 1.29 is 24.5 Å². The van der Waals surface area contributed by atoms with E-state index in [0.29, 0.717) is 19.3 Å². The van der Waals surface area contributed by atoms with E-state index in [1.165, 1.54) is 193 Å². The van der Waals surface area contributed by atoms with Gasteiger partial charge in [0, 0.05) is 6.42 Å². The van der Waals surface area contributed by atoms with E-state index in [1.807, 2.05) is 0 Å². The van der Waals surface area contributed by atoms with Crippen molar-refractivity contribution in [2.45, 2.75) is 322 Å². The number of esters is 1. The number of amides is 1. The number of nitrogens with one attached hydrogen (secondary N) is 1. The molecule has 6 heteroatoms. The van der Waals surface area contributed by atoms with Crippen molar-refractivity contribution in [1.82, 2.24) is 5.32 Å². The zero-order chi connectivity index (χ0) is 45.9. The molecule has 6 nitrogen and oxygen atoms in total. The number of ether oxygens (including phenoxy) is 1. The van der Waals surface area contributed by atoms with Crippen LogP contribution >= 0.6 is 0 Å². The summed E-state index contributed by atoms with van der Waals surface area (Å²) in [4.78, 5) is 26.2. The van der Waals surface area contributed by atoms with Gasteiger partial charge in [-0.15, -0.1) is 0 Å². The quantitative estimate of drug-likeness (QED) is 0.0321. The first-order valence-corrected chi connectivity index (χ1v) is 28.1. The zero-order valence-electron chi connectivity index (χ0n) is 42.5. The highest BCUT2D eigenvalue weighted by molar-refractivity contribution is 5.77. The van der Waals surface area contributed by atoms with Crippen LogP contribution in [0.25, 0.3) is 0 Å². The maximum atomic E-state index is 13.2. The van der Waals surface area contributed by atoms with Gasteiger partial charge in [0.2, 0.25) is 5.91 Å². The third-order valence-electron chi connectivity index (χ3n) is 13.1. The lowest BCUT2D eigenvalue weighted by Gasteiger charge is -2.24. The van der Waals surface area contributed by atoms with Gasteiger partial charge < -0.3 is 20.3 Å². The smallest absolute Gasteiger partial charge is 0.306 e. The van der Waals surface area contributed by atoms with E-state index in [1.54, 1.807) is 0 Å². The van der Waals surface area contributed by atoms with Crippen LogP contribution in [0.3, 0.4) is 0 Å². The summed E-state index contributed by atoms with van der Waals surface area (Å²) in [5, 5.41) is 23.8. The van der Waals surface area contributed by atoms with Crippen molar-refractivity contribution in [2.24, 2.45) is 0 Å². The molecule has 3 unspecified atom stereocenters. The minimum atomic E-state index is -0.791. The Morgan fingerprint density at radius 3 is 1.19 bits per heavy atom. The molecule has 0 saturated heterocycles. The van der Waals surface area contributed by atoms with Crippen LogP contribution in [0.4, 0.5) is 0 Å². The molecule has 3 atom stereocenters. The van der Waals surface area contributed by atoms with Crippen LogP contribution in [0, 0.1) is 0 Å². The Bertz CT molecular complexity index is 997. The molecule has 3 N–H and O–H groups in total. The number of carbonyl (C=O) groups is 2. The number of hydrogen-bond donors (Lipinski definition) is 3. The second kappa shape index (κ2) is 51.3. The average molecular weight is 889 g/mol. The van der Waals surface area contributed by atoms with Gasteiger partial charge in [0.1, 0.15) is 6.10 Å². The summed E-state index contributed by atoms with van der Waals surface area (Å²) in [6, 6.07) is -0.706. The minimum Gasteiger partial charge on any atom is -0.462 e. The molecule has 0 aliphatic carbocycles. The number of unbranched alkanes of at least 4 members (excludes halogenated alkanes) is 36. The van der Waals surface area contributed by atoms with Crippen LogP contribution in [0.15, 0.2) is 24.3 Å². The van der Waals surface area contributed by atoms with Crippen molar-refractivity contribution in [3.8, 4) is 0 Å². The first kappa shape index (κ1) is 61.3. The first-order valence-electron chi connectivity index (χ1n) is 28.1. The number of rotatable bonds is 51. The predicted molar refractivity (Wildman–Crippen MR) is 273 cm³/mol. The first-order chi connectivity index (χ1) is 31.0. The SMILES string of the molecule is CCCCCCCCC/C=C/C=C/CCCCCC(CC(=O)NC(CO)C(O)CCCCCCCCCCCCCCCC)OC(=O)CCCCCCCCCCCCCCCC. The molecule has 372 valence electrons. The lowest BCUT2D eigenvalue weighted by Crippen LogP contribution is -2.46. The molecule has 0 radical (unpaired) electrons. The topological polar surface area (TPSA) is 95.9 Å². The molecular formula is C57H109NO5. The van der Waals surface area contributed by atoms with Crippen LogP contribution in [0.5, 0.6) is 0 Å². The van der Waals surface area contributed by atoms with Crippen LogP contribution in [0.1, 0.15) is 303 Å². The number of carbonyl (C=O) groups excluding carboxylic acids is 2. The molecule has 63 heavy (non-hydrogen) atoms. The van der Waals surface area contributed by atoms with Crippen LogP contribution in [-0.2, 0) is 14.3 Å². The molecule has 0 fully saturated rings. The summed E-state index contributed by atoms with van der Waals surface area (Å²) in [6.07, 6.45) is 59.5. The summed E-state index contributed by atoms with van der Waals surface area (Å²) in [5.41, 5.74) is 0. The van der Waals surface area contributed by atoms with Gasteiger partial charge in [-0.05, 0) is 51.4 Å². The van der Waals surface area contributed by atoms with Crippen molar-refractivity contribution in [2.75, 3.05) is 6.61 Å². The molecule has 0 aromatic heterocycles. The van der Waals surface area contributed by atoms with Gasteiger partial charge in [-0.2, -0.15) is 0 Å². The second-order valence-electron chi connectivity index (χ2n) is 19.4. The van der Waals surface area contributed by atoms with E-state index in [4.69, 9.17) is 4.74 Å². The normalized spacial score (nSPS) is 13.3. The standard InChI is InChI=1S/C57H109NO5/c1-4-7-10-13-16-19-22-25-28-29-30-33-36-39-42-45-48-53(63-57(62)50-47-44-41-38-35-32-27-24-21-18-15-12-9-6-3)51-56(61)58-54(52-59)55(60)49-46-43-40-37-34-31-26-23-20-17-14-11-8-5-2/h28-30,33,53-55,59-60H,4-27,31-32,34-52H2,1-3H3,(H,58,61)/b29-28+,33-30+. The molecule has 0 aromatic rings. The maximum Gasteiger partial charge on any atom is 0.306 e. The molecule has 0 rings (SSSR count). The van der Waals surface area contributed by atoms with Gasteiger partial charge in [-0.25, -0.2) is 0 Å². The molecule has 0 bridgehead atoms. The summed E-state index contributed by atoms with van der Waals surface area (Å²) in [6.45, 7) is 6.50. The highest BCUT2D eigenvalue weighted by Gasteiger charge is 2.24. The Balaban J connectivity index is 4.58. The molecule has 0 saturated carbocycles. The Labute approximate surface area is 392 Å². The van der Waals surface area contributed by atoms with Gasteiger partial charge in [0.05, 0.1) is 25.2 Å². The van der Waals surface area contributed by atoms with Crippen molar-refractivity contribution in [3.05, 3.63) is 24.3 Å². The van der Waals surface area contributed by atoms with E-state index < -0.39 is 18.2 Å². The molecule has 0 aliphatic rings. The monoisotopic (exact) mass is 888 g/mol. The molecule has 0 aliphatic heterocycles. The highest BCUT2D eigenvalue weighted by Crippen LogP contribution is 2.18. The number of aliphatic hydroxyl groups excluding tert-OH is 2. The van der Waals surface area contributed by atoms with Crippen LogP contribution < -0.4 is 5.32 Å². The summed E-state index contributed by atoms with van der Waals surface area (Å²) >= 11 is 0. The molecule has 1 amide bonds. The lowest BCUT2D eigenvalue weighted by molar-refractivity contribution is -0.151. The van der Waals surface area contributed by atoms with Crippen molar-refractivity contribution >= 4 is 11.9 Å². The van der Waals surface area contributed by atoms with Gasteiger partial charge in [0.25, 0.3) is 0 Å². The van der Waals surface area contributed by atoms with Gasteiger partial charge >= 0.3 is 5.97 Å². The van der Waals surface area contributed by atoms with Crippen molar-refractivity contribution in [3.63, 3.8) is 0 Å². The fourth-order valence-corrected chi connectivity index (χ4v) is 8.78. The average Bonchev–Trinajstić information content (AvgIpc) is 3.28. The fourth-order valence-electron chi connectivity index (χ4n) is 8.78. The van der Waals surface area contributed by atoms with Gasteiger partial charge in [0.15, 0.2) is 0 Å². The number of aliphatic hydroxyl groups is 2. The van der Waals surface area contributed by atoms with E-state index in [0.717, 1.165) is 64.2 Å². The van der Waals surface area contributed by atoms with Gasteiger partial charge in [-0.1, -0.05) is 263 Å². The third-order valence-corrected chi connectivity index (χ3v) is 13.1. The highest BCUT2D eigenvalue weighted by atomic mass is 16.5. The van der Waals surface area contributed by atoms with Crippen LogP contribution in [-0.4, -0.2) is 46.9 Å². The van der Waals surface area contributed by atoms with E-state index in [2.05, 4.69) is 50.4 Å². The lowest BCUT2D eigenvalue weighted by atomic mass is 10.0. The van der Waals surface area contributed by atoms with Gasteiger partial charge in [-0.3, -0.25) is 9.59 Å². The van der Waals surface area contributed by atoms with Crippen molar-refractivity contribution in [1.29, 1.82) is 0 Å². The number of hydrogen-bond acceptors (Lipinski definition) is 5. The minimum absolute atomic E-state index is 0.0655. The van der Waals surface area contributed by atoms with E-state index in [-0.39, 0.29) is 24.9 Å². The largest absolute Gasteiger partial charge is 0.462 e. The number of allylic oxidation sites excluding steroid dienone is 4. The third kappa shape index (κ3) is 46.7. The summed E-state index contributed by atoms with van der Waals surface area (Å²) < 4.78 is 5.94. The predicted octanol–water partition coefficient (Wildman–Crippen LogP) is 17.1. The summed E-state index contributed by atoms with van der Waals surface area (Å²) in [5.74, 6) is -0.482. The fraction of sp³-hybridized carbons (Fsp3) is 0.895. The summed E-state index contributed by atoms with van der Waals surface area (Å²) in [7, 11) is 0. The Morgan fingerprint density at radius 1 is 0.460 bits per heavy atom. The molecular weight excluding hydrogens is 779 g/mol.